The number of hydrogen-bond acceptors (Lipinski definition) is 4. The quantitative estimate of drug-likeness (QED) is 0.217. The van der Waals surface area contributed by atoms with Gasteiger partial charge in [0.1, 0.15) is 0 Å². The van der Waals surface area contributed by atoms with Crippen molar-refractivity contribution in [3.63, 3.8) is 0 Å². The standard InChI is InChI=1S/C24H20N2S2.Pt/c1-23(2)17-9-5-7-15(11-17)19-13-27-21(25-19)24(3,4)22-26-20(14-28-22)16-8-6-10-18(23)12-16;/h5-10,13-14H,1-4H3;/q-2;+2. The first-order chi connectivity index (χ1) is 13.4. The van der Waals surface area contributed by atoms with Crippen LogP contribution in [-0.4, -0.2) is 9.97 Å². The van der Waals surface area contributed by atoms with E-state index in [4.69, 9.17) is 9.97 Å². The maximum atomic E-state index is 4.98. The molecule has 0 atom stereocenters. The van der Waals surface area contributed by atoms with Gasteiger partial charge in [-0.1, -0.05) is 13.8 Å². The fourth-order valence-corrected chi connectivity index (χ4v) is 5.53. The molecule has 29 heavy (non-hydrogen) atoms. The molecular weight excluding hydrogens is 575 g/mol. The summed E-state index contributed by atoms with van der Waals surface area (Å²) in [7, 11) is 0. The summed E-state index contributed by atoms with van der Waals surface area (Å²) in [5.41, 5.74) is 5.88. The van der Waals surface area contributed by atoms with Gasteiger partial charge in [-0.3, -0.25) is 9.97 Å². The molecule has 0 fully saturated rings. The van der Waals surface area contributed by atoms with Crippen molar-refractivity contribution < 1.29 is 21.1 Å². The van der Waals surface area contributed by atoms with Crippen LogP contribution < -0.4 is 0 Å². The van der Waals surface area contributed by atoms with Crippen LogP contribution in [0.5, 0.6) is 0 Å². The van der Waals surface area contributed by atoms with Gasteiger partial charge in [0.05, 0.1) is 15.4 Å². The van der Waals surface area contributed by atoms with E-state index in [-0.39, 0.29) is 31.9 Å². The largest absolute Gasteiger partial charge is 2.00 e. The van der Waals surface area contributed by atoms with E-state index in [0.717, 1.165) is 43.7 Å². The zero-order chi connectivity index (χ0) is 19.5. The van der Waals surface area contributed by atoms with E-state index in [0.29, 0.717) is 0 Å². The average molecular weight is 596 g/mol. The minimum absolute atomic E-state index is 0. The molecule has 1 aliphatic rings. The summed E-state index contributed by atoms with van der Waals surface area (Å²) in [6, 6.07) is 20.0. The molecule has 148 valence electrons. The van der Waals surface area contributed by atoms with E-state index in [2.05, 4.69) is 87.0 Å². The Labute approximate surface area is 194 Å². The summed E-state index contributed by atoms with van der Waals surface area (Å²) >= 11 is 3.40. The van der Waals surface area contributed by atoms with Gasteiger partial charge in [-0.25, -0.2) is 0 Å². The van der Waals surface area contributed by atoms with Gasteiger partial charge in [0.2, 0.25) is 0 Å². The predicted molar refractivity (Wildman–Crippen MR) is 117 cm³/mol. The van der Waals surface area contributed by atoms with Crippen LogP contribution in [0.25, 0.3) is 22.5 Å². The Bertz CT molecular complexity index is 1100. The normalized spacial score (nSPS) is 15.9. The topological polar surface area (TPSA) is 25.8 Å². The molecule has 0 unspecified atom stereocenters. The second-order valence-electron chi connectivity index (χ2n) is 8.28. The van der Waals surface area contributed by atoms with Crippen molar-refractivity contribution in [1.82, 2.24) is 9.97 Å². The fraction of sp³-hybridized carbons (Fsp3) is 0.250. The summed E-state index contributed by atoms with van der Waals surface area (Å²) in [5, 5.41) is 6.44. The molecule has 0 N–H and O–H groups in total. The van der Waals surface area contributed by atoms with Crippen molar-refractivity contribution in [1.29, 1.82) is 0 Å². The third kappa shape index (κ3) is 3.36. The van der Waals surface area contributed by atoms with Gasteiger partial charge < -0.3 is 0 Å². The maximum absolute atomic E-state index is 4.98. The summed E-state index contributed by atoms with van der Waals surface area (Å²) in [4.78, 5) is 9.96. The van der Waals surface area contributed by atoms with Crippen LogP contribution >= 0.6 is 22.7 Å². The van der Waals surface area contributed by atoms with Gasteiger partial charge in [0.15, 0.2) is 0 Å². The molecule has 0 spiro atoms. The first-order valence-corrected chi connectivity index (χ1v) is 11.1. The number of benzene rings is 2. The molecular formula is C24H20N2PtS2. The Morgan fingerprint density at radius 1 is 0.690 bits per heavy atom. The van der Waals surface area contributed by atoms with Crippen molar-refractivity contribution in [3.05, 3.63) is 80.4 Å². The predicted octanol–water partition coefficient (Wildman–Crippen LogP) is 6.50. The first kappa shape index (κ1) is 20.7. The molecule has 8 bridgehead atoms. The molecule has 2 aromatic heterocycles. The number of aromatic nitrogens is 2. The third-order valence-corrected chi connectivity index (χ3v) is 7.90. The monoisotopic (exact) mass is 595 g/mol. The minimum atomic E-state index is -0.232. The van der Waals surface area contributed by atoms with E-state index in [1.54, 1.807) is 22.7 Å². The van der Waals surface area contributed by atoms with Crippen molar-refractivity contribution >= 4 is 22.7 Å². The van der Waals surface area contributed by atoms with Gasteiger partial charge in [-0.2, -0.15) is 0 Å². The number of fused-ring (bicyclic) bond motifs is 10. The summed E-state index contributed by atoms with van der Waals surface area (Å²) in [5.74, 6) is 0. The van der Waals surface area contributed by atoms with Gasteiger partial charge in [-0.05, 0) is 41.4 Å². The fourth-order valence-electron chi connectivity index (χ4n) is 3.57. The Morgan fingerprint density at radius 3 is 1.59 bits per heavy atom. The van der Waals surface area contributed by atoms with Crippen LogP contribution in [0.2, 0.25) is 0 Å². The molecule has 1 aliphatic heterocycles. The van der Waals surface area contributed by atoms with Crippen LogP contribution in [0.15, 0.2) is 47.2 Å². The molecule has 4 aromatic rings. The Hall–Kier alpha value is -1.61. The van der Waals surface area contributed by atoms with E-state index in [9.17, 15) is 0 Å². The zero-order valence-corrected chi connectivity index (χ0v) is 20.6. The van der Waals surface area contributed by atoms with E-state index in [1.165, 1.54) is 0 Å². The van der Waals surface area contributed by atoms with E-state index >= 15 is 0 Å². The van der Waals surface area contributed by atoms with E-state index in [1.807, 2.05) is 0 Å². The van der Waals surface area contributed by atoms with Gasteiger partial charge in [-0.15, -0.1) is 93.5 Å². The molecule has 3 heterocycles. The second-order valence-corrected chi connectivity index (χ2v) is 10.00. The van der Waals surface area contributed by atoms with Crippen molar-refractivity contribution in [2.24, 2.45) is 0 Å². The van der Waals surface area contributed by atoms with Crippen molar-refractivity contribution in [2.75, 3.05) is 0 Å². The summed E-state index contributed by atoms with van der Waals surface area (Å²) in [6.07, 6.45) is 0. The average Bonchev–Trinajstić information content (AvgIpc) is 3.38. The van der Waals surface area contributed by atoms with Crippen molar-refractivity contribution in [2.45, 2.75) is 38.5 Å². The summed E-state index contributed by atoms with van der Waals surface area (Å²) in [6.45, 7) is 8.86. The summed E-state index contributed by atoms with van der Waals surface area (Å²) < 4.78 is 0. The Balaban J connectivity index is 0.00000205. The maximum Gasteiger partial charge on any atom is 2.00 e. The number of hydrogen-bond donors (Lipinski definition) is 0. The molecule has 2 aromatic carbocycles. The SMILES string of the molecule is CC1(C)c2[c-]c(ccc2)-c2csc(n2)C(C)(C)c2nc(cs2)-c2[c-]c1ccc2.[Pt+2]. The minimum Gasteiger partial charge on any atom is -0.289 e. The van der Waals surface area contributed by atoms with Crippen LogP contribution in [0.4, 0.5) is 0 Å². The van der Waals surface area contributed by atoms with Gasteiger partial charge >= 0.3 is 21.1 Å². The molecule has 0 saturated heterocycles. The number of nitrogens with zero attached hydrogens (tertiary/aromatic N) is 2. The zero-order valence-electron chi connectivity index (χ0n) is 16.6. The Kier molecular flexibility index (Phi) is 5.17. The van der Waals surface area contributed by atoms with Crippen molar-refractivity contribution in [3.8, 4) is 22.5 Å². The number of thiazole rings is 2. The third-order valence-electron chi connectivity index (χ3n) is 5.57. The van der Waals surface area contributed by atoms with Crippen LogP contribution in [-0.2, 0) is 31.9 Å². The van der Waals surface area contributed by atoms with Gasteiger partial charge in [0.25, 0.3) is 0 Å². The first-order valence-electron chi connectivity index (χ1n) is 9.34. The van der Waals surface area contributed by atoms with Crippen LogP contribution in [0, 0.1) is 12.1 Å². The number of rotatable bonds is 0. The molecule has 0 radical (unpaired) electrons. The molecule has 0 amide bonds. The Morgan fingerprint density at radius 2 is 1.14 bits per heavy atom. The van der Waals surface area contributed by atoms with Gasteiger partial charge in [0, 0.05) is 0 Å². The van der Waals surface area contributed by atoms with E-state index < -0.39 is 0 Å². The molecule has 0 saturated carbocycles. The molecule has 5 heteroatoms. The van der Waals surface area contributed by atoms with Crippen LogP contribution in [0.3, 0.4) is 0 Å². The molecule has 5 rings (SSSR count). The smallest absolute Gasteiger partial charge is 0.289 e. The second kappa shape index (κ2) is 7.26. The van der Waals surface area contributed by atoms with Crippen LogP contribution in [0.1, 0.15) is 48.8 Å². The molecule has 2 nitrogen and oxygen atoms in total. The molecule has 0 aliphatic carbocycles.